The first-order valence-corrected chi connectivity index (χ1v) is 11.8. The smallest absolute Gasteiger partial charge is 0.255 e. The van der Waals surface area contributed by atoms with Crippen molar-refractivity contribution >= 4 is 5.91 Å². The van der Waals surface area contributed by atoms with Gasteiger partial charge in [0.25, 0.3) is 5.91 Å². The van der Waals surface area contributed by atoms with Crippen LogP contribution in [0.4, 0.5) is 0 Å². The maximum Gasteiger partial charge on any atom is 0.255 e. The molecule has 6 heteroatoms. The zero-order chi connectivity index (χ0) is 21.1. The van der Waals surface area contributed by atoms with Crippen LogP contribution in [0.1, 0.15) is 55.5 Å². The van der Waals surface area contributed by atoms with Gasteiger partial charge in [0.2, 0.25) is 0 Å². The molecule has 4 rings (SSSR count). The second-order valence-corrected chi connectivity index (χ2v) is 9.89. The van der Waals surface area contributed by atoms with Gasteiger partial charge in [0.05, 0.1) is 11.2 Å². The fraction of sp³-hybridized carbons (Fsp3) is 0.750. The van der Waals surface area contributed by atoms with E-state index < -0.39 is 0 Å². The van der Waals surface area contributed by atoms with Crippen molar-refractivity contribution in [1.82, 2.24) is 19.7 Å². The number of rotatable bonds is 4. The van der Waals surface area contributed by atoms with Crippen molar-refractivity contribution in [3.05, 3.63) is 29.6 Å². The maximum atomic E-state index is 12.9. The van der Waals surface area contributed by atoms with Crippen molar-refractivity contribution in [3.8, 4) is 0 Å². The average molecular weight is 415 g/mol. The number of piperazine rings is 1. The highest BCUT2D eigenvalue weighted by atomic mass is 16.5. The largest absolute Gasteiger partial charge is 0.375 e. The number of pyridine rings is 1. The predicted molar refractivity (Wildman–Crippen MR) is 119 cm³/mol. The summed E-state index contributed by atoms with van der Waals surface area (Å²) in [7, 11) is 0. The second-order valence-electron chi connectivity index (χ2n) is 9.89. The summed E-state index contributed by atoms with van der Waals surface area (Å²) in [4.78, 5) is 24.4. The number of carbonyl (C=O) groups is 1. The summed E-state index contributed by atoms with van der Waals surface area (Å²) in [6.45, 7) is 15.0. The molecule has 1 unspecified atom stereocenters. The van der Waals surface area contributed by atoms with Crippen molar-refractivity contribution < 1.29 is 9.53 Å². The molecule has 0 N–H and O–H groups in total. The average Bonchev–Trinajstić information content (AvgIpc) is 2.74. The lowest BCUT2D eigenvalue weighted by Gasteiger charge is -2.49. The molecule has 1 atom stereocenters. The zero-order valence-corrected chi connectivity index (χ0v) is 19.0. The molecule has 0 bridgehead atoms. The summed E-state index contributed by atoms with van der Waals surface area (Å²) in [5.41, 5.74) is 1.69. The number of aromatic nitrogens is 1. The summed E-state index contributed by atoms with van der Waals surface area (Å²) in [5, 5.41) is 0. The molecule has 3 aliphatic heterocycles. The van der Waals surface area contributed by atoms with Crippen LogP contribution in [0.15, 0.2) is 18.5 Å². The summed E-state index contributed by atoms with van der Waals surface area (Å²) < 4.78 is 6.37. The Kier molecular flexibility index (Phi) is 6.75. The molecular weight excluding hydrogens is 376 g/mol. The van der Waals surface area contributed by atoms with Crippen LogP contribution >= 0.6 is 0 Å². The van der Waals surface area contributed by atoms with E-state index in [0.717, 1.165) is 62.4 Å². The quantitative estimate of drug-likeness (QED) is 0.758. The molecule has 1 amide bonds. The number of nitrogens with zero attached hydrogens (tertiary/aromatic N) is 4. The Bertz CT molecular complexity index is 722. The van der Waals surface area contributed by atoms with Crippen LogP contribution in [-0.2, 0) is 4.74 Å². The van der Waals surface area contributed by atoms with Crippen molar-refractivity contribution in [1.29, 1.82) is 0 Å². The molecule has 30 heavy (non-hydrogen) atoms. The number of ether oxygens (including phenoxy) is 1. The molecule has 3 saturated heterocycles. The third-order valence-corrected chi connectivity index (χ3v) is 7.24. The highest BCUT2D eigenvalue weighted by Gasteiger charge is 2.43. The van der Waals surface area contributed by atoms with Crippen LogP contribution in [0.5, 0.6) is 0 Å². The minimum atomic E-state index is -0.0429. The van der Waals surface area contributed by atoms with Gasteiger partial charge in [-0.1, -0.05) is 13.8 Å². The minimum Gasteiger partial charge on any atom is -0.375 e. The molecule has 1 spiro atoms. The van der Waals surface area contributed by atoms with Crippen molar-refractivity contribution in [3.63, 3.8) is 0 Å². The number of amides is 1. The number of hydrogen-bond acceptors (Lipinski definition) is 5. The minimum absolute atomic E-state index is 0.0429. The molecule has 1 aromatic rings. The van der Waals surface area contributed by atoms with Gasteiger partial charge in [-0.05, 0) is 50.2 Å². The Morgan fingerprint density at radius 2 is 1.93 bits per heavy atom. The molecule has 1 aromatic heterocycles. The molecule has 4 heterocycles. The molecule has 0 saturated carbocycles. The molecule has 166 valence electrons. The van der Waals surface area contributed by atoms with Gasteiger partial charge in [-0.25, -0.2) is 0 Å². The first kappa shape index (κ1) is 21.7. The molecule has 0 aromatic carbocycles. The van der Waals surface area contributed by atoms with Crippen LogP contribution in [0, 0.1) is 12.8 Å². The fourth-order valence-electron chi connectivity index (χ4n) is 5.47. The number of likely N-dealkylation sites (tertiary alicyclic amines) is 1. The lowest BCUT2D eigenvalue weighted by atomic mass is 9.81. The Hall–Kier alpha value is -1.50. The normalized spacial score (nSPS) is 25.7. The third kappa shape index (κ3) is 4.87. The van der Waals surface area contributed by atoms with E-state index in [-0.39, 0.29) is 11.5 Å². The van der Waals surface area contributed by atoms with Crippen LogP contribution in [0.25, 0.3) is 0 Å². The molecule has 3 aliphatic rings. The van der Waals surface area contributed by atoms with Gasteiger partial charge in [0, 0.05) is 70.9 Å². The lowest BCUT2D eigenvalue weighted by Crippen LogP contribution is -2.57. The third-order valence-electron chi connectivity index (χ3n) is 7.24. The van der Waals surface area contributed by atoms with E-state index in [1.54, 1.807) is 12.4 Å². The van der Waals surface area contributed by atoms with Crippen LogP contribution in [0.3, 0.4) is 0 Å². The van der Waals surface area contributed by atoms with Gasteiger partial charge in [-0.2, -0.15) is 0 Å². The van der Waals surface area contributed by atoms with Crippen molar-refractivity contribution in [2.45, 2.75) is 58.1 Å². The van der Waals surface area contributed by atoms with Gasteiger partial charge in [0.15, 0.2) is 0 Å². The van der Waals surface area contributed by atoms with Crippen LogP contribution in [-0.4, -0.2) is 89.7 Å². The molecule has 3 fully saturated rings. The van der Waals surface area contributed by atoms with E-state index >= 15 is 0 Å². The number of aryl methyl sites for hydroxylation is 1. The monoisotopic (exact) mass is 414 g/mol. The van der Waals surface area contributed by atoms with E-state index in [2.05, 4.69) is 28.6 Å². The van der Waals surface area contributed by atoms with Crippen molar-refractivity contribution in [2.75, 3.05) is 52.4 Å². The second kappa shape index (κ2) is 9.33. The van der Waals surface area contributed by atoms with Crippen LogP contribution in [0.2, 0.25) is 0 Å². The summed E-state index contributed by atoms with van der Waals surface area (Å²) in [6.07, 6.45) is 7.60. The fourth-order valence-corrected chi connectivity index (χ4v) is 5.47. The number of carbonyl (C=O) groups excluding carboxylic acids is 1. The first-order chi connectivity index (χ1) is 14.5. The standard InChI is InChI=1S/C24H38N4O2/c1-19(2)18-26-11-13-27(14-12-26)21-5-15-30-24(16-21)6-9-28(10-7-24)23(29)22-17-25-8-4-20(22)3/h4,8,17,19,21H,5-7,9-16,18H2,1-3H3. The Balaban J connectivity index is 1.31. The molecule has 0 radical (unpaired) electrons. The zero-order valence-electron chi connectivity index (χ0n) is 19.0. The number of piperidine rings is 1. The highest BCUT2D eigenvalue weighted by Crippen LogP contribution is 2.37. The van der Waals surface area contributed by atoms with E-state index in [9.17, 15) is 4.79 Å². The van der Waals surface area contributed by atoms with E-state index in [1.165, 1.54) is 32.7 Å². The molecule has 6 nitrogen and oxygen atoms in total. The summed E-state index contributed by atoms with van der Waals surface area (Å²) >= 11 is 0. The summed E-state index contributed by atoms with van der Waals surface area (Å²) in [6, 6.07) is 2.54. The van der Waals surface area contributed by atoms with Gasteiger partial charge in [-0.15, -0.1) is 0 Å². The van der Waals surface area contributed by atoms with Crippen molar-refractivity contribution in [2.24, 2.45) is 5.92 Å². The SMILES string of the molecule is Cc1ccncc1C(=O)N1CCC2(CC1)CC(N1CCN(CC(C)C)CC1)CCO2. The Morgan fingerprint density at radius 3 is 2.60 bits per heavy atom. The first-order valence-electron chi connectivity index (χ1n) is 11.8. The van der Waals surface area contributed by atoms with Gasteiger partial charge in [-0.3, -0.25) is 14.7 Å². The Morgan fingerprint density at radius 1 is 1.20 bits per heavy atom. The molecular formula is C24H38N4O2. The van der Waals surface area contributed by atoms with E-state index in [1.807, 2.05) is 17.9 Å². The van der Waals surface area contributed by atoms with E-state index in [4.69, 9.17) is 4.74 Å². The van der Waals surface area contributed by atoms with Gasteiger partial charge in [0.1, 0.15) is 0 Å². The number of hydrogen-bond donors (Lipinski definition) is 0. The maximum absolute atomic E-state index is 12.9. The van der Waals surface area contributed by atoms with Gasteiger partial charge >= 0.3 is 0 Å². The Labute approximate surface area is 181 Å². The molecule has 0 aliphatic carbocycles. The van der Waals surface area contributed by atoms with Gasteiger partial charge < -0.3 is 14.5 Å². The predicted octanol–water partition coefficient (Wildman–Crippen LogP) is 2.82. The van der Waals surface area contributed by atoms with Crippen LogP contribution < -0.4 is 0 Å². The lowest BCUT2D eigenvalue weighted by molar-refractivity contribution is -0.132. The summed E-state index contributed by atoms with van der Waals surface area (Å²) in [5.74, 6) is 0.857. The highest BCUT2D eigenvalue weighted by molar-refractivity contribution is 5.95. The van der Waals surface area contributed by atoms with E-state index in [0.29, 0.717) is 6.04 Å². The topological polar surface area (TPSA) is 48.9 Å².